The normalized spacial score (nSPS) is 18.5. The van der Waals surface area contributed by atoms with E-state index < -0.39 is 23.8 Å². The van der Waals surface area contributed by atoms with Crippen LogP contribution >= 0.6 is 0 Å². The third-order valence-electron chi connectivity index (χ3n) is 5.56. The molecule has 3 heterocycles. The van der Waals surface area contributed by atoms with Gasteiger partial charge in [0.2, 0.25) is 11.9 Å². The molecule has 168 valence electrons. The molecule has 0 spiro atoms. The predicted molar refractivity (Wildman–Crippen MR) is 115 cm³/mol. The van der Waals surface area contributed by atoms with Gasteiger partial charge in [-0.05, 0) is 32.9 Å². The van der Waals surface area contributed by atoms with Crippen molar-refractivity contribution in [3.8, 4) is 0 Å². The molecule has 3 amide bonds. The van der Waals surface area contributed by atoms with Crippen molar-refractivity contribution in [3.63, 3.8) is 0 Å². The second-order valence-electron chi connectivity index (χ2n) is 7.76. The largest absolute Gasteiger partial charge is 0.421 e. The van der Waals surface area contributed by atoms with Crippen molar-refractivity contribution in [2.24, 2.45) is 4.99 Å². The summed E-state index contributed by atoms with van der Waals surface area (Å²) in [4.78, 5) is 33.6. The third kappa shape index (κ3) is 3.70. The van der Waals surface area contributed by atoms with Gasteiger partial charge in [-0.15, -0.1) is 9.78 Å². The second-order valence-corrected chi connectivity index (χ2v) is 7.76. The zero-order valence-electron chi connectivity index (χ0n) is 18.6. The fourth-order valence-corrected chi connectivity index (χ4v) is 3.99. The maximum absolute atomic E-state index is 14.2. The van der Waals surface area contributed by atoms with E-state index in [1.54, 1.807) is 34.5 Å². The van der Waals surface area contributed by atoms with E-state index in [0.29, 0.717) is 31.6 Å². The van der Waals surface area contributed by atoms with Crippen LogP contribution in [0.25, 0.3) is 0 Å². The molecule has 1 aromatic carbocycles. The van der Waals surface area contributed by atoms with Gasteiger partial charge in [-0.3, -0.25) is 14.6 Å². The first kappa shape index (κ1) is 21.8. The van der Waals surface area contributed by atoms with Gasteiger partial charge in [0.1, 0.15) is 11.5 Å². The Bertz CT molecular complexity index is 1140. The van der Waals surface area contributed by atoms with Crippen molar-refractivity contribution in [1.29, 1.82) is 0 Å². The molecule has 1 saturated heterocycles. The number of carbonyl (C=O) groups excluding carboxylic acids is 2. The van der Waals surface area contributed by atoms with Gasteiger partial charge in [0.05, 0.1) is 25.4 Å². The monoisotopic (exact) mass is 441 g/mol. The van der Waals surface area contributed by atoms with Crippen LogP contribution in [0.15, 0.2) is 35.3 Å². The number of carbonyl (C=O) groups is 2. The summed E-state index contributed by atoms with van der Waals surface area (Å²) >= 11 is 0. The summed E-state index contributed by atoms with van der Waals surface area (Å²) in [5.41, 5.74) is 1.93. The molecule has 1 unspecified atom stereocenters. The molecule has 9 nitrogen and oxygen atoms in total. The molecule has 1 atom stereocenters. The number of benzene rings is 1. The van der Waals surface area contributed by atoms with Crippen LogP contribution in [-0.2, 0) is 16.1 Å². The summed E-state index contributed by atoms with van der Waals surface area (Å²) in [5.74, 6) is -0.146. The Kier molecular flexibility index (Phi) is 5.88. The van der Waals surface area contributed by atoms with E-state index >= 15 is 0 Å². The summed E-state index contributed by atoms with van der Waals surface area (Å²) in [7, 11) is 1.57. The number of hydrogen-bond acceptors (Lipinski definition) is 5. The molecule has 1 aromatic heterocycles. The minimum Gasteiger partial charge on any atom is -0.378 e. The first-order chi connectivity index (χ1) is 15.3. The van der Waals surface area contributed by atoms with Gasteiger partial charge < -0.3 is 4.74 Å². The molecule has 2 aliphatic heterocycles. The van der Waals surface area contributed by atoms with Gasteiger partial charge in [-0.25, -0.2) is 13.8 Å². The lowest BCUT2D eigenvalue weighted by Gasteiger charge is -2.34. The van der Waals surface area contributed by atoms with Crippen molar-refractivity contribution in [1.82, 2.24) is 19.6 Å². The maximum Gasteiger partial charge on any atom is 0.421 e. The highest BCUT2D eigenvalue weighted by Crippen LogP contribution is 2.23. The maximum atomic E-state index is 14.2. The molecule has 0 bridgehead atoms. The van der Waals surface area contributed by atoms with E-state index in [1.807, 2.05) is 26.8 Å². The molecule has 0 radical (unpaired) electrons. The number of rotatable bonds is 6. The number of amidine groups is 1. The van der Waals surface area contributed by atoms with Crippen molar-refractivity contribution in [2.45, 2.75) is 33.4 Å². The van der Waals surface area contributed by atoms with E-state index in [9.17, 15) is 14.0 Å². The van der Waals surface area contributed by atoms with Crippen LogP contribution in [0.2, 0.25) is 0 Å². The van der Waals surface area contributed by atoms with Gasteiger partial charge >= 0.3 is 12.0 Å². The number of likely N-dealkylation sites (N-methyl/N-ethyl adjacent to an activating group) is 1. The fraction of sp³-hybridized carbons (Fsp3) is 0.409. The third-order valence-corrected chi connectivity index (χ3v) is 5.56. The lowest BCUT2D eigenvalue weighted by molar-refractivity contribution is -0.540. The molecule has 10 heteroatoms. The summed E-state index contributed by atoms with van der Waals surface area (Å²) in [6.07, 6.45) is 0. The lowest BCUT2D eigenvalue weighted by atomic mass is 10.1. The summed E-state index contributed by atoms with van der Waals surface area (Å²) in [6.45, 7) is 6.79. The number of amides is 3. The number of urea groups is 1. The van der Waals surface area contributed by atoms with Crippen molar-refractivity contribution in [3.05, 3.63) is 53.1 Å². The SMILES string of the molecule is CCOCC[N+]1=C(n2nc(C)cc2C)N=C2C1C(=O)N(Cc1ccccc1F)C(=O)N2C. The minimum atomic E-state index is -0.830. The standard InChI is InChI=1S/C22H26FN6O3/c1-5-32-11-10-27-18-19(24-21(27)29-15(3)12-14(2)25-29)26(4)22(31)28(20(18)30)13-16-8-6-7-9-17(16)23/h6-9,12,18H,5,10-11,13H2,1-4H3/q+1. The average Bonchev–Trinajstić information content (AvgIpc) is 3.30. The van der Waals surface area contributed by atoms with E-state index in [1.165, 1.54) is 11.0 Å². The number of halogens is 1. The van der Waals surface area contributed by atoms with E-state index in [4.69, 9.17) is 4.74 Å². The smallest absolute Gasteiger partial charge is 0.378 e. The molecule has 32 heavy (non-hydrogen) atoms. The van der Waals surface area contributed by atoms with Crippen LogP contribution in [0.4, 0.5) is 9.18 Å². The molecule has 2 aliphatic rings. The molecule has 0 N–H and O–H groups in total. The van der Waals surface area contributed by atoms with Crippen molar-refractivity contribution < 1.29 is 23.3 Å². The minimum absolute atomic E-state index is 0.160. The van der Waals surface area contributed by atoms with Crippen molar-refractivity contribution in [2.75, 3.05) is 26.8 Å². The highest BCUT2D eigenvalue weighted by molar-refractivity contribution is 6.22. The first-order valence-corrected chi connectivity index (χ1v) is 10.5. The Labute approximate surface area is 185 Å². The predicted octanol–water partition coefficient (Wildman–Crippen LogP) is 1.77. The Morgan fingerprint density at radius 1 is 1.22 bits per heavy atom. The number of nitrogens with zero attached hydrogens (tertiary/aromatic N) is 6. The van der Waals surface area contributed by atoms with Gasteiger partial charge in [-0.1, -0.05) is 23.2 Å². The molecule has 1 fully saturated rings. The quantitative estimate of drug-likeness (QED) is 0.505. The van der Waals surface area contributed by atoms with E-state index in [-0.39, 0.29) is 12.1 Å². The molecule has 4 rings (SSSR count). The van der Waals surface area contributed by atoms with Gasteiger partial charge in [0, 0.05) is 19.2 Å². The highest BCUT2D eigenvalue weighted by atomic mass is 19.1. The van der Waals surface area contributed by atoms with Gasteiger partial charge in [-0.2, -0.15) is 0 Å². The number of aliphatic imine (C=N–C) groups is 1. The Morgan fingerprint density at radius 2 is 1.97 bits per heavy atom. The van der Waals surface area contributed by atoms with E-state index in [2.05, 4.69) is 10.1 Å². The first-order valence-electron chi connectivity index (χ1n) is 10.5. The Balaban J connectivity index is 1.75. The topological polar surface area (TPSA) is 83.0 Å². The number of fused-ring (bicyclic) bond motifs is 1. The summed E-state index contributed by atoms with van der Waals surface area (Å²) < 4.78 is 23.2. The lowest BCUT2D eigenvalue weighted by Crippen LogP contribution is -2.62. The van der Waals surface area contributed by atoms with Gasteiger partial charge in [0.15, 0.2) is 0 Å². The highest BCUT2D eigenvalue weighted by Gasteiger charge is 2.53. The molecular weight excluding hydrogens is 415 g/mol. The number of hydrogen-bond donors (Lipinski definition) is 0. The molecule has 2 aromatic rings. The van der Waals surface area contributed by atoms with Crippen molar-refractivity contribution >= 4 is 23.7 Å². The Morgan fingerprint density at radius 3 is 2.62 bits per heavy atom. The van der Waals surface area contributed by atoms with Crippen LogP contribution in [0.3, 0.4) is 0 Å². The van der Waals surface area contributed by atoms with Crippen LogP contribution < -0.4 is 0 Å². The van der Waals surface area contributed by atoms with Crippen LogP contribution in [0, 0.1) is 19.7 Å². The number of aryl methyl sites for hydroxylation is 2. The van der Waals surface area contributed by atoms with Gasteiger partial charge in [0.25, 0.3) is 5.91 Å². The average molecular weight is 441 g/mol. The van der Waals surface area contributed by atoms with Crippen LogP contribution in [0.5, 0.6) is 0 Å². The Hall–Kier alpha value is -3.40. The summed E-state index contributed by atoms with van der Waals surface area (Å²) in [6, 6.07) is 6.65. The molecular formula is C22H26FN6O3+. The molecule has 0 saturated carbocycles. The fourth-order valence-electron chi connectivity index (χ4n) is 3.99. The van der Waals surface area contributed by atoms with Crippen LogP contribution in [-0.4, -0.2) is 80.7 Å². The second kappa shape index (κ2) is 8.62. The zero-order chi connectivity index (χ0) is 23.0. The van der Waals surface area contributed by atoms with Crippen LogP contribution in [0.1, 0.15) is 23.9 Å². The summed E-state index contributed by atoms with van der Waals surface area (Å²) in [5, 5.41) is 4.51. The number of aromatic nitrogens is 2. The molecule has 0 aliphatic carbocycles. The zero-order valence-corrected chi connectivity index (χ0v) is 18.6. The number of ether oxygens (including phenoxy) is 1. The van der Waals surface area contributed by atoms with E-state index in [0.717, 1.165) is 16.3 Å². The number of imide groups is 1.